The summed E-state index contributed by atoms with van der Waals surface area (Å²) in [6.45, 7) is 4.11. The summed E-state index contributed by atoms with van der Waals surface area (Å²) in [6.07, 6.45) is 3.24. The summed E-state index contributed by atoms with van der Waals surface area (Å²) in [6, 6.07) is 1.93. The summed E-state index contributed by atoms with van der Waals surface area (Å²) in [5.41, 5.74) is 2.50. The number of aromatic nitrogens is 1. The van der Waals surface area contributed by atoms with Gasteiger partial charge in [-0.05, 0) is 18.1 Å². The van der Waals surface area contributed by atoms with Crippen molar-refractivity contribution in [1.82, 2.24) is 4.98 Å². The zero-order valence-corrected chi connectivity index (χ0v) is 10.3. The first-order valence-electron chi connectivity index (χ1n) is 5.09. The van der Waals surface area contributed by atoms with E-state index in [1.165, 1.54) is 16.8 Å². The van der Waals surface area contributed by atoms with E-state index in [1.54, 1.807) is 12.3 Å². The van der Waals surface area contributed by atoms with Crippen LogP contribution < -0.4 is 4.31 Å². The molecule has 0 amide bonds. The van der Waals surface area contributed by atoms with Crippen molar-refractivity contribution < 1.29 is 8.42 Å². The van der Waals surface area contributed by atoms with Gasteiger partial charge in [-0.2, -0.15) is 0 Å². The number of nitrogens with zero attached hydrogens (tertiary/aromatic N) is 2. The van der Waals surface area contributed by atoms with Crippen molar-refractivity contribution in [2.45, 2.75) is 19.8 Å². The van der Waals surface area contributed by atoms with Gasteiger partial charge in [0, 0.05) is 18.3 Å². The van der Waals surface area contributed by atoms with E-state index in [1.807, 2.05) is 6.07 Å². The van der Waals surface area contributed by atoms with Gasteiger partial charge in [0.1, 0.15) is 0 Å². The predicted octanol–water partition coefficient (Wildman–Crippen LogP) is 1.96. The van der Waals surface area contributed by atoms with Crippen molar-refractivity contribution >= 4 is 21.8 Å². The van der Waals surface area contributed by atoms with Crippen LogP contribution >= 0.6 is 0 Å². The smallest absolute Gasteiger partial charge is 0.257 e. The van der Waals surface area contributed by atoms with Gasteiger partial charge >= 0.3 is 0 Å². The molecule has 4 nitrogen and oxygen atoms in total. The second-order valence-electron chi connectivity index (χ2n) is 4.14. The molecule has 2 rings (SSSR count). The van der Waals surface area contributed by atoms with Gasteiger partial charge in [0.25, 0.3) is 10.0 Å². The molecule has 0 N–H and O–H groups in total. The van der Waals surface area contributed by atoms with Crippen molar-refractivity contribution in [3.8, 4) is 0 Å². The minimum atomic E-state index is -3.30. The zero-order valence-electron chi connectivity index (χ0n) is 9.51. The Kier molecular flexibility index (Phi) is 2.50. The minimum absolute atomic E-state index is 0.336. The van der Waals surface area contributed by atoms with E-state index < -0.39 is 10.0 Å². The van der Waals surface area contributed by atoms with Crippen LogP contribution in [0.25, 0.3) is 6.08 Å². The number of anilines is 1. The maximum absolute atomic E-state index is 11.6. The maximum Gasteiger partial charge on any atom is 0.257 e. The van der Waals surface area contributed by atoms with Crippen molar-refractivity contribution in [1.29, 1.82) is 0 Å². The van der Waals surface area contributed by atoms with Gasteiger partial charge in [-0.25, -0.2) is 8.42 Å². The average Bonchev–Trinajstić information content (AvgIpc) is 2.23. The van der Waals surface area contributed by atoms with Crippen molar-refractivity contribution in [2.24, 2.45) is 0 Å². The normalized spacial score (nSPS) is 17.6. The fraction of sp³-hybridized carbons (Fsp3) is 0.364. The molecule has 0 saturated heterocycles. The van der Waals surface area contributed by atoms with Crippen molar-refractivity contribution in [3.05, 3.63) is 28.9 Å². The fourth-order valence-corrected chi connectivity index (χ4v) is 2.51. The second kappa shape index (κ2) is 3.59. The van der Waals surface area contributed by atoms with E-state index in [0.29, 0.717) is 11.6 Å². The average molecular weight is 238 g/mol. The number of fused-ring (bicyclic) bond motifs is 1. The highest BCUT2D eigenvalue weighted by Gasteiger charge is 2.22. The van der Waals surface area contributed by atoms with Crippen LogP contribution in [0.3, 0.4) is 0 Å². The van der Waals surface area contributed by atoms with E-state index in [4.69, 9.17) is 0 Å². The Morgan fingerprint density at radius 3 is 2.69 bits per heavy atom. The third kappa shape index (κ3) is 1.71. The third-order valence-corrected chi connectivity index (χ3v) is 4.11. The van der Waals surface area contributed by atoms with Crippen LogP contribution in [0.4, 0.5) is 5.69 Å². The number of rotatable bonds is 1. The molecule has 0 bridgehead atoms. The monoisotopic (exact) mass is 238 g/mol. The van der Waals surface area contributed by atoms with Gasteiger partial charge in [0.05, 0.1) is 17.3 Å². The Balaban J connectivity index is 2.57. The Hall–Kier alpha value is -1.36. The number of pyridine rings is 1. The van der Waals surface area contributed by atoms with Gasteiger partial charge in [-0.1, -0.05) is 13.8 Å². The van der Waals surface area contributed by atoms with Crippen LogP contribution in [0, 0.1) is 0 Å². The van der Waals surface area contributed by atoms with E-state index in [9.17, 15) is 8.42 Å². The van der Waals surface area contributed by atoms with Crippen LogP contribution in [0.15, 0.2) is 17.7 Å². The molecule has 16 heavy (non-hydrogen) atoms. The Labute approximate surface area is 95.7 Å². The highest BCUT2D eigenvalue weighted by molar-refractivity contribution is 7.95. The summed E-state index contributed by atoms with van der Waals surface area (Å²) < 4.78 is 24.4. The molecule has 0 spiro atoms. The SMILES string of the molecule is CC(C)c1cc2c(cn1)N(C)S(=O)(=O)C=C2. The lowest BCUT2D eigenvalue weighted by Crippen LogP contribution is -2.27. The van der Waals surface area contributed by atoms with Crippen molar-refractivity contribution in [3.63, 3.8) is 0 Å². The lowest BCUT2D eigenvalue weighted by atomic mass is 10.1. The first-order valence-corrected chi connectivity index (χ1v) is 6.59. The topological polar surface area (TPSA) is 50.3 Å². The Morgan fingerprint density at radius 2 is 2.06 bits per heavy atom. The van der Waals surface area contributed by atoms with Crippen LogP contribution in [-0.2, 0) is 10.0 Å². The molecule has 1 aromatic heterocycles. The van der Waals surface area contributed by atoms with Crippen LogP contribution in [0.2, 0.25) is 0 Å². The van der Waals surface area contributed by atoms with Crippen LogP contribution in [0.5, 0.6) is 0 Å². The standard InChI is InChI=1S/C11H14N2O2S/c1-8(2)10-6-9-4-5-16(14,15)13(3)11(9)7-12-10/h4-8H,1-3H3. The summed E-state index contributed by atoms with van der Waals surface area (Å²) in [4.78, 5) is 4.27. The Morgan fingerprint density at radius 1 is 1.38 bits per heavy atom. The molecule has 0 fully saturated rings. The first-order chi connectivity index (χ1) is 7.42. The summed E-state index contributed by atoms with van der Waals surface area (Å²) in [5, 5.41) is 1.22. The minimum Gasteiger partial charge on any atom is -0.268 e. The molecule has 0 aromatic carbocycles. The molecule has 0 atom stereocenters. The molecule has 0 saturated carbocycles. The zero-order chi connectivity index (χ0) is 11.9. The highest BCUT2D eigenvalue weighted by atomic mass is 32.2. The van der Waals surface area contributed by atoms with Crippen molar-refractivity contribution in [2.75, 3.05) is 11.4 Å². The molecule has 1 aliphatic heterocycles. The van der Waals surface area contributed by atoms with E-state index in [0.717, 1.165) is 11.3 Å². The molecule has 2 heterocycles. The summed E-state index contributed by atoms with van der Waals surface area (Å²) in [7, 11) is -1.76. The molecule has 86 valence electrons. The molecule has 0 aliphatic carbocycles. The van der Waals surface area contributed by atoms with Gasteiger partial charge in [-0.15, -0.1) is 0 Å². The highest BCUT2D eigenvalue weighted by Crippen LogP contribution is 2.29. The largest absolute Gasteiger partial charge is 0.268 e. The summed E-state index contributed by atoms with van der Waals surface area (Å²) >= 11 is 0. The fourth-order valence-electron chi connectivity index (χ4n) is 1.58. The molecule has 0 unspecified atom stereocenters. The second-order valence-corrected chi connectivity index (χ2v) is 5.99. The van der Waals surface area contributed by atoms with Crippen LogP contribution in [0.1, 0.15) is 31.0 Å². The molecule has 0 radical (unpaired) electrons. The Bertz CT molecular complexity index is 547. The lowest BCUT2D eigenvalue weighted by Gasteiger charge is -2.23. The number of sulfonamides is 1. The van der Waals surface area contributed by atoms with Gasteiger partial charge in [0.2, 0.25) is 0 Å². The molecule has 1 aromatic rings. The van der Waals surface area contributed by atoms with E-state index in [2.05, 4.69) is 18.8 Å². The first kappa shape index (κ1) is 11.1. The predicted molar refractivity (Wildman–Crippen MR) is 64.7 cm³/mol. The summed E-state index contributed by atoms with van der Waals surface area (Å²) in [5.74, 6) is 0.336. The van der Waals surface area contributed by atoms with Gasteiger partial charge < -0.3 is 0 Å². The van der Waals surface area contributed by atoms with Gasteiger partial charge in [-0.3, -0.25) is 9.29 Å². The van der Waals surface area contributed by atoms with E-state index in [-0.39, 0.29) is 0 Å². The molecular formula is C11H14N2O2S. The van der Waals surface area contributed by atoms with E-state index >= 15 is 0 Å². The molecule has 1 aliphatic rings. The number of hydrogen-bond donors (Lipinski definition) is 0. The lowest BCUT2D eigenvalue weighted by molar-refractivity contribution is 0.602. The van der Waals surface area contributed by atoms with Crippen LogP contribution in [-0.4, -0.2) is 20.4 Å². The molecule has 5 heteroatoms. The quantitative estimate of drug-likeness (QED) is 0.751. The third-order valence-electron chi connectivity index (χ3n) is 2.67. The maximum atomic E-state index is 11.6. The van der Waals surface area contributed by atoms with Gasteiger partial charge in [0.15, 0.2) is 0 Å². The number of hydrogen-bond acceptors (Lipinski definition) is 3. The molecular weight excluding hydrogens is 224 g/mol.